The number of hydrogen-bond donors (Lipinski definition) is 1. The number of aromatic hydroxyl groups is 1. The van der Waals surface area contributed by atoms with Crippen LogP contribution in [-0.2, 0) is 21.1 Å². The van der Waals surface area contributed by atoms with Crippen LogP contribution < -0.4 is 4.74 Å². The van der Waals surface area contributed by atoms with Crippen molar-refractivity contribution in [3.05, 3.63) is 109 Å². The maximum Gasteiger partial charge on any atom is 0.217 e. The van der Waals surface area contributed by atoms with Gasteiger partial charge in [0.1, 0.15) is 11.4 Å². The number of phenolic OH excluding ortho intramolecular Hbond substituents is 1. The van der Waals surface area contributed by atoms with Crippen LogP contribution in [0.2, 0.25) is 0 Å². The summed E-state index contributed by atoms with van der Waals surface area (Å²) < 4.78 is 8.06. The number of nitrogens with zero attached hydrogens (tertiary/aromatic N) is 3. The number of fused-ring (bicyclic) bond motifs is 3. The van der Waals surface area contributed by atoms with Gasteiger partial charge in [0.05, 0.1) is 11.2 Å². The van der Waals surface area contributed by atoms with Crippen LogP contribution in [0.25, 0.3) is 38.9 Å². The molecular weight excluding hydrogens is 641 g/mol. The molecule has 0 aliphatic rings. The summed E-state index contributed by atoms with van der Waals surface area (Å²) in [4.78, 5) is 9.38. The van der Waals surface area contributed by atoms with Gasteiger partial charge >= 0.3 is 0 Å². The van der Waals surface area contributed by atoms with Crippen LogP contribution in [0.5, 0.6) is 17.4 Å². The molecule has 37 heavy (non-hydrogen) atoms. The van der Waals surface area contributed by atoms with Crippen LogP contribution in [0.3, 0.4) is 0 Å². The minimum Gasteiger partial charge on any atom is -0.506 e. The zero-order chi connectivity index (χ0) is 24.6. The molecule has 6 rings (SSSR count). The molecule has 0 aliphatic carbocycles. The van der Waals surface area contributed by atoms with Crippen LogP contribution in [0.1, 0.15) is 25.3 Å². The number of pyridine rings is 2. The molecule has 0 saturated heterocycles. The summed E-state index contributed by atoms with van der Waals surface area (Å²) in [5.41, 5.74) is 5.17. The van der Waals surface area contributed by atoms with Crippen molar-refractivity contribution in [2.75, 3.05) is 0 Å². The van der Waals surface area contributed by atoms with Crippen molar-refractivity contribution in [3.8, 4) is 34.3 Å². The summed E-state index contributed by atoms with van der Waals surface area (Å²) in [6.07, 6.45) is 1.70. The van der Waals surface area contributed by atoms with Crippen molar-refractivity contribution < 1.29 is 30.9 Å². The van der Waals surface area contributed by atoms with Gasteiger partial charge in [-0.1, -0.05) is 74.5 Å². The van der Waals surface area contributed by atoms with E-state index in [1.54, 1.807) is 12.3 Å². The molecule has 6 heteroatoms. The average molecular weight is 666 g/mol. The molecule has 3 aromatic heterocycles. The Labute approximate surface area is 229 Å². The van der Waals surface area contributed by atoms with E-state index in [1.165, 1.54) is 0 Å². The number of rotatable bonds is 5. The molecule has 0 atom stereocenters. The Hall–Kier alpha value is -3.95. The topological polar surface area (TPSA) is 60.2 Å². The van der Waals surface area contributed by atoms with E-state index in [-0.39, 0.29) is 26.8 Å². The monoisotopic (exact) mass is 665 g/mol. The van der Waals surface area contributed by atoms with E-state index < -0.39 is 0 Å². The summed E-state index contributed by atoms with van der Waals surface area (Å²) in [5, 5.41) is 12.8. The van der Waals surface area contributed by atoms with Crippen LogP contribution in [0, 0.1) is 6.07 Å². The van der Waals surface area contributed by atoms with Crippen LogP contribution in [0.15, 0.2) is 97.2 Å². The number of ether oxygens (including phenoxy) is 1. The van der Waals surface area contributed by atoms with Crippen molar-refractivity contribution in [1.82, 2.24) is 14.5 Å². The summed E-state index contributed by atoms with van der Waals surface area (Å²) in [5.74, 6) is 1.61. The van der Waals surface area contributed by atoms with Gasteiger partial charge < -0.3 is 9.84 Å². The number of phenols is 1. The third-order valence-electron chi connectivity index (χ3n) is 6.31. The largest absolute Gasteiger partial charge is 0.506 e. The minimum atomic E-state index is 0. The molecule has 0 aliphatic heterocycles. The van der Waals surface area contributed by atoms with Gasteiger partial charge in [-0.05, 0) is 35.9 Å². The Balaban J connectivity index is 0.00000280. The van der Waals surface area contributed by atoms with Crippen molar-refractivity contribution in [1.29, 1.82) is 0 Å². The second kappa shape index (κ2) is 10.2. The fourth-order valence-corrected chi connectivity index (χ4v) is 4.50. The summed E-state index contributed by atoms with van der Waals surface area (Å²) in [6.45, 7) is 4.30. The molecule has 0 amide bonds. The van der Waals surface area contributed by atoms with Crippen molar-refractivity contribution in [3.63, 3.8) is 0 Å². The number of para-hydroxylation sites is 3. The van der Waals surface area contributed by atoms with Crippen LogP contribution in [-0.4, -0.2) is 19.6 Å². The first kappa shape index (κ1) is 24.7. The molecule has 0 spiro atoms. The zero-order valence-corrected chi connectivity index (χ0v) is 22.6. The summed E-state index contributed by atoms with van der Waals surface area (Å²) >= 11 is 0. The normalized spacial score (nSPS) is 11.1. The fraction of sp³-hybridized carbons (Fsp3) is 0.0968. The Morgan fingerprint density at radius 2 is 1.65 bits per heavy atom. The first-order valence-corrected chi connectivity index (χ1v) is 11.9. The smallest absolute Gasteiger partial charge is 0.217 e. The molecule has 5 nitrogen and oxygen atoms in total. The molecule has 0 fully saturated rings. The quantitative estimate of drug-likeness (QED) is 0.192. The fourth-order valence-electron chi connectivity index (χ4n) is 4.50. The molecule has 6 aromatic rings. The number of hydrogen-bond acceptors (Lipinski definition) is 4. The molecule has 0 bridgehead atoms. The molecular formula is C31H24N3O2Pt-. The maximum atomic E-state index is 10.7. The molecule has 3 heterocycles. The second-order valence-electron chi connectivity index (χ2n) is 9.03. The van der Waals surface area contributed by atoms with Crippen molar-refractivity contribution in [2.24, 2.45) is 0 Å². The Morgan fingerprint density at radius 1 is 0.865 bits per heavy atom. The standard InChI is InChI=1S/C31H24N3O2.Pt/c1-20(2)21-17-22(19-23(18-21)36-30-13-7-8-16-32-30)26-15-14-25-24-9-3-4-10-27(24)34(31(25)33-26)28-11-5-6-12-29(28)35;/h3-18,20,35H,1-2H3;/q-1;. The van der Waals surface area contributed by atoms with Gasteiger partial charge in [0, 0.05) is 49.9 Å². The molecule has 3 aromatic carbocycles. The van der Waals surface area contributed by atoms with E-state index in [0.29, 0.717) is 23.2 Å². The maximum absolute atomic E-state index is 10.7. The van der Waals surface area contributed by atoms with Crippen molar-refractivity contribution in [2.45, 2.75) is 19.8 Å². The van der Waals surface area contributed by atoms with Gasteiger partial charge in [0.2, 0.25) is 5.88 Å². The second-order valence-corrected chi connectivity index (χ2v) is 9.03. The van der Waals surface area contributed by atoms with Gasteiger partial charge in [0.25, 0.3) is 0 Å². The van der Waals surface area contributed by atoms with Gasteiger partial charge in [-0.2, -0.15) is 0 Å². The molecule has 1 N–H and O–H groups in total. The van der Waals surface area contributed by atoms with Gasteiger partial charge in [0.15, 0.2) is 0 Å². The number of benzene rings is 3. The van der Waals surface area contributed by atoms with Crippen LogP contribution >= 0.6 is 0 Å². The first-order chi connectivity index (χ1) is 17.6. The van der Waals surface area contributed by atoms with E-state index in [1.807, 2.05) is 71.3 Å². The predicted molar refractivity (Wildman–Crippen MR) is 143 cm³/mol. The van der Waals surface area contributed by atoms with Gasteiger partial charge in [-0.3, -0.25) is 9.55 Å². The molecule has 186 valence electrons. The predicted octanol–water partition coefficient (Wildman–Crippen LogP) is 7.66. The summed E-state index contributed by atoms with van der Waals surface area (Å²) in [6, 6.07) is 32.7. The Bertz CT molecular complexity index is 1710. The molecule has 0 radical (unpaired) electrons. The third-order valence-corrected chi connectivity index (χ3v) is 6.31. The zero-order valence-electron chi connectivity index (χ0n) is 20.3. The van der Waals surface area contributed by atoms with E-state index in [4.69, 9.17) is 9.72 Å². The Kier molecular flexibility index (Phi) is 6.81. The van der Waals surface area contributed by atoms with E-state index in [9.17, 15) is 5.11 Å². The van der Waals surface area contributed by atoms with Crippen molar-refractivity contribution >= 4 is 21.9 Å². The van der Waals surface area contributed by atoms with E-state index >= 15 is 0 Å². The Morgan fingerprint density at radius 3 is 2.43 bits per heavy atom. The molecule has 0 saturated carbocycles. The first-order valence-electron chi connectivity index (χ1n) is 11.9. The van der Waals surface area contributed by atoms with Gasteiger partial charge in [-0.25, -0.2) is 4.98 Å². The van der Waals surface area contributed by atoms with Gasteiger partial charge in [-0.15, -0.1) is 17.2 Å². The summed E-state index contributed by atoms with van der Waals surface area (Å²) in [7, 11) is 0. The van der Waals surface area contributed by atoms with E-state index in [0.717, 1.165) is 38.8 Å². The van der Waals surface area contributed by atoms with E-state index in [2.05, 4.69) is 43.1 Å². The molecule has 0 unspecified atom stereocenters. The van der Waals surface area contributed by atoms with Crippen LogP contribution in [0.4, 0.5) is 0 Å². The minimum absolute atomic E-state index is 0. The average Bonchev–Trinajstić information content (AvgIpc) is 3.23. The third kappa shape index (κ3) is 4.63. The number of aromatic nitrogens is 3. The SMILES string of the molecule is CC(C)c1cc(Oc2ccccn2)[c-]c(-c2ccc3c4ccccc4n(-c4ccccc4O)c3n2)c1.[Pt].